The summed E-state index contributed by atoms with van der Waals surface area (Å²) in [5.41, 5.74) is 0.156. The van der Waals surface area contributed by atoms with Crippen LogP contribution in [0.15, 0.2) is 65.8 Å². The first-order valence-electron chi connectivity index (χ1n) is 9.81. The fourth-order valence-corrected chi connectivity index (χ4v) is 3.24. The van der Waals surface area contributed by atoms with E-state index in [1.165, 1.54) is 53.3 Å². The number of carbonyl (C=O) groups excluding carboxylic acids is 1. The summed E-state index contributed by atoms with van der Waals surface area (Å²) in [5.74, 6) is -0.486. The minimum Gasteiger partial charge on any atom is -0.435 e. The van der Waals surface area contributed by atoms with E-state index in [9.17, 15) is 28.5 Å². The Balaban J connectivity index is 1.48. The third-order valence-electron chi connectivity index (χ3n) is 4.81. The lowest BCUT2D eigenvalue weighted by Gasteiger charge is -2.09. The number of amides is 1. The lowest BCUT2D eigenvalue weighted by Crippen LogP contribution is -2.32. The van der Waals surface area contributed by atoms with Crippen LogP contribution < -0.4 is 15.6 Å². The van der Waals surface area contributed by atoms with Gasteiger partial charge in [0.25, 0.3) is 11.2 Å². The van der Waals surface area contributed by atoms with E-state index in [2.05, 4.69) is 20.1 Å². The molecule has 1 amide bonds. The van der Waals surface area contributed by atoms with Crippen molar-refractivity contribution in [2.24, 2.45) is 0 Å². The molecule has 0 fully saturated rings. The molecule has 0 unspecified atom stereocenters. The van der Waals surface area contributed by atoms with Crippen molar-refractivity contribution in [2.45, 2.75) is 19.7 Å². The Labute approximate surface area is 189 Å². The number of nitro groups is 1. The van der Waals surface area contributed by atoms with E-state index in [1.54, 1.807) is 6.07 Å². The number of alkyl halides is 2. The number of hydrogen-bond acceptors (Lipinski definition) is 7. The number of benzene rings is 2. The van der Waals surface area contributed by atoms with Gasteiger partial charge < -0.3 is 10.1 Å². The molecule has 4 aromatic rings. The van der Waals surface area contributed by atoms with E-state index < -0.39 is 23.0 Å². The molecule has 0 bridgehead atoms. The van der Waals surface area contributed by atoms with Gasteiger partial charge in [-0.15, -0.1) is 0 Å². The van der Waals surface area contributed by atoms with E-state index >= 15 is 0 Å². The molecule has 0 saturated heterocycles. The highest BCUT2D eigenvalue weighted by Crippen LogP contribution is 2.23. The highest BCUT2D eigenvalue weighted by molar-refractivity contribution is 5.78. The van der Waals surface area contributed by atoms with Gasteiger partial charge in [0, 0.05) is 12.6 Å². The van der Waals surface area contributed by atoms with Gasteiger partial charge >= 0.3 is 6.61 Å². The maximum atomic E-state index is 12.8. The Morgan fingerprint density at radius 3 is 2.62 bits per heavy atom. The molecule has 174 valence electrons. The van der Waals surface area contributed by atoms with Crippen LogP contribution in [0.25, 0.3) is 16.7 Å². The lowest BCUT2D eigenvalue weighted by atomic mass is 10.2. The summed E-state index contributed by atoms with van der Waals surface area (Å²) in [6.45, 7) is -3.15. The van der Waals surface area contributed by atoms with Crippen molar-refractivity contribution < 1.29 is 23.2 Å². The predicted molar refractivity (Wildman–Crippen MR) is 115 cm³/mol. The van der Waals surface area contributed by atoms with E-state index in [0.717, 1.165) is 10.9 Å². The molecule has 4 rings (SSSR count). The summed E-state index contributed by atoms with van der Waals surface area (Å²) in [5, 5.41) is 18.1. The van der Waals surface area contributed by atoms with Gasteiger partial charge in [-0.2, -0.15) is 13.9 Å². The van der Waals surface area contributed by atoms with E-state index in [0.29, 0.717) is 5.56 Å². The van der Waals surface area contributed by atoms with Gasteiger partial charge in [0.15, 0.2) is 5.65 Å². The zero-order chi connectivity index (χ0) is 24.2. The van der Waals surface area contributed by atoms with E-state index in [-0.39, 0.29) is 41.2 Å². The second kappa shape index (κ2) is 9.44. The summed E-state index contributed by atoms with van der Waals surface area (Å²) >= 11 is 0. The highest BCUT2D eigenvalue weighted by atomic mass is 19.3. The molecule has 34 heavy (non-hydrogen) atoms. The van der Waals surface area contributed by atoms with Gasteiger partial charge in [0.2, 0.25) is 5.91 Å². The number of nitrogens with zero attached hydrogens (tertiary/aromatic N) is 5. The first-order chi connectivity index (χ1) is 16.3. The number of nitro benzene ring substituents is 1. The normalized spacial score (nSPS) is 11.0. The van der Waals surface area contributed by atoms with Crippen LogP contribution >= 0.6 is 0 Å². The number of para-hydroxylation sites is 2. The van der Waals surface area contributed by atoms with Gasteiger partial charge in [-0.05, 0) is 23.8 Å². The topological polar surface area (TPSA) is 134 Å². The van der Waals surface area contributed by atoms with Crippen LogP contribution in [0.4, 0.5) is 14.5 Å². The van der Waals surface area contributed by atoms with Crippen LogP contribution in [0.1, 0.15) is 5.56 Å². The third-order valence-corrected chi connectivity index (χ3v) is 4.81. The van der Waals surface area contributed by atoms with Crippen LogP contribution in [-0.4, -0.2) is 36.8 Å². The lowest BCUT2D eigenvalue weighted by molar-refractivity contribution is -0.384. The van der Waals surface area contributed by atoms with Gasteiger partial charge in [0.05, 0.1) is 11.1 Å². The summed E-state index contributed by atoms with van der Waals surface area (Å²) < 4.78 is 31.0. The Morgan fingerprint density at radius 1 is 1.18 bits per heavy atom. The second-order valence-corrected chi connectivity index (χ2v) is 7.02. The molecule has 2 aromatic heterocycles. The Bertz CT molecular complexity index is 1420. The average Bonchev–Trinajstić information content (AvgIpc) is 3.25. The average molecular weight is 470 g/mol. The number of halogens is 2. The van der Waals surface area contributed by atoms with Gasteiger partial charge in [-0.1, -0.05) is 24.3 Å². The summed E-state index contributed by atoms with van der Waals surface area (Å²) in [6, 6.07) is 11.7. The molecular weight excluding hydrogens is 454 g/mol. The number of aromatic nitrogens is 4. The summed E-state index contributed by atoms with van der Waals surface area (Å²) in [7, 11) is 0. The fourth-order valence-electron chi connectivity index (χ4n) is 3.24. The Morgan fingerprint density at radius 2 is 1.91 bits per heavy atom. The number of hydrogen-bond donors (Lipinski definition) is 1. The Kier molecular flexibility index (Phi) is 6.25. The van der Waals surface area contributed by atoms with Gasteiger partial charge in [-0.3, -0.25) is 24.3 Å². The summed E-state index contributed by atoms with van der Waals surface area (Å²) in [6.07, 6.45) is 2.40. The number of ether oxygens (including phenoxy) is 1. The second-order valence-electron chi connectivity index (χ2n) is 7.02. The van der Waals surface area contributed by atoms with E-state index in [4.69, 9.17) is 0 Å². The van der Waals surface area contributed by atoms with Crippen molar-refractivity contribution in [3.63, 3.8) is 0 Å². The number of carbonyl (C=O) groups is 1. The molecule has 1 N–H and O–H groups in total. The zero-order valence-electron chi connectivity index (χ0n) is 17.3. The maximum absolute atomic E-state index is 12.8. The van der Waals surface area contributed by atoms with Crippen LogP contribution in [0.2, 0.25) is 0 Å². The Hall–Kier alpha value is -4.68. The molecule has 2 heterocycles. The largest absolute Gasteiger partial charge is 0.435 e. The molecular formula is C21H16F2N6O5. The summed E-state index contributed by atoms with van der Waals surface area (Å²) in [4.78, 5) is 40.0. The molecule has 0 aliphatic heterocycles. The van der Waals surface area contributed by atoms with Crippen molar-refractivity contribution in [1.82, 2.24) is 24.6 Å². The van der Waals surface area contributed by atoms with Crippen molar-refractivity contribution in [2.75, 3.05) is 0 Å². The van der Waals surface area contributed by atoms with Gasteiger partial charge in [-0.25, -0.2) is 9.67 Å². The first kappa shape index (κ1) is 22.5. The van der Waals surface area contributed by atoms with Crippen LogP contribution in [0.3, 0.4) is 0 Å². The minimum atomic E-state index is -2.93. The molecule has 11 nitrogen and oxygen atoms in total. The van der Waals surface area contributed by atoms with Crippen LogP contribution in [0, 0.1) is 10.1 Å². The quantitative estimate of drug-likeness (QED) is 0.309. The van der Waals surface area contributed by atoms with Crippen LogP contribution in [0.5, 0.6) is 5.75 Å². The van der Waals surface area contributed by atoms with Crippen molar-refractivity contribution in [3.8, 4) is 11.4 Å². The fraction of sp³-hybridized carbons (Fsp3) is 0.143. The molecule has 0 atom stereocenters. The molecule has 0 aliphatic carbocycles. The van der Waals surface area contributed by atoms with Crippen molar-refractivity contribution in [3.05, 3.63) is 87.1 Å². The molecule has 2 aromatic carbocycles. The van der Waals surface area contributed by atoms with Crippen molar-refractivity contribution >= 4 is 22.6 Å². The molecule has 0 aliphatic rings. The highest BCUT2D eigenvalue weighted by Gasteiger charge is 2.19. The maximum Gasteiger partial charge on any atom is 0.387 e. The van der Waals surface area contributed by atoms with Crippen molar-refractivity contribution in [1.29, 1.82) is 0 Å². The van der Waals surface area contributed by atoms with Crippen LogP contribution in [-0.2, 0) is 17.9 Å². The number of rotatable bonds is 8. The smallest absolute Gasteiger partial charge is 0.387 e. The monoisotopic (exact) mass is 470 g/mol. The third kappa shape index (κ3) is 4.72. The predicted octanol–water partition coefficient (Wildman–Crippen LogP) is 2.41. The SMILES string of the molecule is O=C(Cn1cnc2c(cnn2-c2ccccc2[N+](=O)[O-])c1=O)NCc1ccc(OC(F)F)cc1. The number of fused-ring (bicyclic) bond motifs is 1. The molecule has 0 radical (unpaired) electrons. The first-order valence-corrected chi connectivity index (χ1v) is 9.81. The standard InChI is InChI=1S/C21H16F2N6O5/c22-21(23)34-14-7-5-13(6-8-14)9-24-18(30)11-27-12-25-19-15(20(27)31)10-26-28(19)16-3-1-2-4-17(16)29(32)33/h1-8,10,12,21H,9,11H2,(H,24,30). The zero-order valence-corrected chi connectivity index (χ0v) is 17.3. The molecule has 0 spiro atoms. The van der Waals surface area contributed by atoms with E-state index in [1.807, 2.05) is 0 Å². The molecule has 0 saturated carbocycles. The number of nitrogens with one attached hydrogen (secondary N) is 1. The molecule has 13 heteroatoms. The van der Waals surface area contributed by atoms with Gasteiger partial charge in [0.1, 0.15) is 29.7 Å². The minimum absolute atomic E-state index is 0.00242.